The molecule has 1 unspecified atom stereocenters. The van der Waals surface area contributed by atoms with Gasteiger partial charge in [-0.1, -0.05) is 94.8 Å². The van der Waals surface area contributed by atoms with Gasteiger partial charge in [-0.15, -0.1) is 0 Å². The SMILES string of the molecule is CCCCCCCCC(C)c1ccc(O)c(Cc2ccccc2)c1. The Morgan fingerprint density at radius 2 is 1.58 bits per heavy atom. The van der Waals surface area contributed by atoms with E-state index in [1.165, 1.54) is 56.1 Å². The highest BCUT2D eigenvalue weighted by Crippen LogP contribution is 2.28. The van der Waals surface area contributed by atoms with Crippen molar-refractivity contribution in [1.82, 2.24) is 0 Å². The van der Waals surface area contributed by atoms with E-state index in [2.05, 4.69) is 50.2 Å². The maximum Gasteiger partial charge on any atom is 0.119 e. The van der Waals surface area contributed by atoms with Gasteiger partial charge in [0.05, 0.1) is 0 Å². The largest absolute Gasteiger partial charge is 0.508 e. The van der Waals surface area contributed by atoms with Gasteiger partial charge in [-0.05, 0) is 35.1 Å². The third-order valence-electron chi connectivity index (χ3n) is 4.90. The molecule has 2 aromatic rings. The second-order valence-electron chi connectivity index (χ2n) is 7.01. The van der Waals surface area contributed by atoms with Crippen molar-refractivity contribution >= 4 is 0 Å². The van der Waals surface area contributed by atoms with E-state index in [1.54, 1.807) is 0 Å². The quantitative estimate of drug-likeness (QED) is 0.474. The van der Waals surface area contributed by atoms with Crippen LogP contribution < -0.4 is 0 Å². The van der Waals surface area contributed by atoms with Crippen LogP contribution in [0.3, 0.4) is 0 Å². The molecule has 0 radical (unpaired) electrons. The zero-order valence-electron chi connectivity index (χ0n) is 15.3. The maximum absolute atomic E-state index is 10.2. The van der Waals surface area contributed by atoms with Gasteiger partial charge in [0.1, 0.15) is 5.75 Å². The molecule has 2 rings (SSSR count). The Morgan fingerprint density at radius 1 is 0.875 bits per heavy atom. The summed E-state index contributed by atoms with van der Waals surface area (Å²) in [5.74, 6) is 0.973. The first kappa shape index (κ1) is 18.6. The first-order valence-electron chi connectivity index (χ1n) is 9.56. The van der Waals surface area contributed by atoms with Crippen molar-refractivity contribution in [3.8, 4) is 5.75 Å². The van der Waals surface area contributed by atoms with E-state index in [0.29, 0.717) is 11.7 Å². The summed E-state index contributed by atoms with van der Waals surface area (Å²) in [4.78, 5) is 0. The Hall–Kier alpha value is -1.76. The number of aromatic hydroxyl groups is 1. The van der Waals surface area contributed by atoms with Crippen LogP contribution >= 0.6 is 0 Å². The van der Waals surface area contributed by atoms with Gasteiger partial charge in [-0.2, -0.15) is 0 Å². The zero-order chi connectivity index (χ0) is 17.2. The van der Waals surface area contributed by atoms with E-state index in [4.69, 9.17) is 0 Å². The van der Waals surface area contributed by atoms with Gasteiger partial charge >= 0.3 is 0 Å². The highest BCUT2D eigenvalue weighted by molar-refractivity contribution is 5.40. The van der Waals surface area contributed by atoms with Crippen LogP contribution in [0.5, 0.6) is 5.75 Å². The van der Waals surface area contributed by atoms with Crippen LogP contribution in [-0.4, -0.2) is 5.11 Å². The third-order valence-corrected chi connectivity index (χ3v) is 4.90. The number of phenols is 1. The summed E-state index contributed by atoms with van der Waals surface area (Å²) in [5, 5.41) is 10.2. The van der Waals surface area contributed by atoms with Crippen LogP contribution in [0, 0.1) is 0 Å². The molecule has 0 fully saturated rings. The summed E-state index contributed by atoms with van der Waals surface area (Å²) in [7, 11) is 0. The lowest BCUT2D eigenvalue weighted by Gasteiger charge is -2.14. The van der Waals surface area contributed by atoms with Gasteiger partial charge in [0, 0.05) is 6.42 Å². The van der Waals surface area contributed by atoms with Crippen LogP contribution in [0.1, 0.15) is 81.4 Å². The Bertz CT molecular complexity index is 588. The molecule has 1 heteroatoms. The van der Waals surface area contributed by atoms with Crippen molar-refractivity contribution < 1.29 is 5.11 Å². The van der Waals surface area contributed by atoms with Gasteiger partial charge in [0.15, 0.2) is 0 Å². The smallest absolute Gasteiger partial charge is 0.119 e. The second-order valence-corrected chi connectivity index (χ2v) is 7.01. The van der Waals surface area contributed by atoms with Gasteiger partial charge < -0.3 is 5.11 Å². The van der Waals surface area contributed by atoms with Crippen molar-refractivity contribution in [3.05, 3.63) is 65.2 Å². The molecule has 0 aliphatic rings. The van der Waals surface area contributed by atoms with Crippen molar-refractivity contribution in [1.29, 1.82) is 0 Å². The standard InChI is InChI=1S/C23H32O/c1-3-4-5-6-7-9-12-19(2)21-15-16-23(24)22(18-21)17-20-13-10-8-11-14-20/h8,10-11,13-16,18-19,24H,3-7,9,12,17H2,1-2H3. The Morgan fingerprint density at radius 3 is 2.33 bits per heavy atom. The van der Waals surface area contributed by atoms with Crippen molar-refractivity contribution in [3.63, 3.8) is 0 Å². The second kappa shape index (κ2) is 10.2. The van der Waals surface area contributed by atoms with Gasteiger partial charge in [-0.25, -0.2) is 0 Å². The van der Waals surface area contributed by atoms with Gasteiger partial charge in [0.25, 0.3) is 0 Å². The van der Waals surface area contributed by atoms with E-state index in [9.17, 15) is 5.11 Å². The van der Waals surface area contributed by atoms with Crippen molar-refractivity contribution in [2.75, 3.05) is 0 Å². The fourth-order valence-electron chi connectivity index (χ4n) is 3.27. The molecular weight excluding hydrogens is 292 g/mol. The molecule has 0 saturated heterocycles. The van der Waals surface area contributed by atoms with Gasteiger partial charge in [-0.3, -0.25) is 0 Å². The molecule has 0 aromatic heterocycles. The lowest BCUT2D eigenvalue weighted by molar-refractivity contribution is 0.468. The van der Waals surface area contributed by atoms with E-state index >= 15 is 0 Å². The lowest BCUT2D eigenvalue weighted by atomic mass is 9.92. The molecule has 130 valence electrons. The minimum atomic E-state index is 0.411. The highest BCUT2D eigenvalue weighted by atomic mass is 16.3. The van der Waals surface area contributed by atoms with Crippen LogP contribution in [0.25, 0.3) is 0 Å². The Labute approximate surface area is 147 Å². The maximum atomic E-state index is 10.2. The summed E-state index contributed by atoms with van der Waals surface area (Å²) in [6.45, 7) is 4.57. The van der Waals surface area contributed by atoms with Gasteiger partial charge in [0.2, 0.25) is 0 Å². The van der Waals surface area contributed by atoms with Crippen LogP contribution in [0.4, 0.5) is 0 Å². The summed E-state index contributed by atoms with van der Waals surface area (Å²) in [6, 6.07) is 16.5. The Kier molecular flexibility index (Phi) is 7.88. The molecule has 0 aliphatic heterocycles. The van der Waals surface area contributed by atoms with E-state index in [0.717, 1.165) is 12.0 Å². The number of unbranched alkanes of at least 4 members (excludes halogenated alkanes) is 5. The number of benzene rings is 2. The topological polar surface area (TPSA) is 20.2 Å². The van der Waals surface area contributed by atoms with Crippen molar-refractivity contribution in [2.24, 2.45) is 0 Å². The Balaban J connectivity index is 1.89. The number of hydrogen-bond donors (Lipinski definition) is 1. The molecule has 1 N–H and O–H groups in total. The summed E-state index contributed by atoms with van der Waals surface area (Å²) in [5.41, 5.74) is 3.63. The molecule has 0 amide bonds. The molecule has 0 aliphatic carbocycles. The van der Waals surface area contributed by atoms with Crippen LogP contribution in [0.2, 0.25) is 0 Å². The molecule has 24 heavy (non-hydrogen) atoms. The predicted molar refractivity (Wildman–Crippen MR) is 104 cm³/mol. The molecule has 1 nitrogen and oxygen atoms in total. The molecule has 0 saturated carbocycles. The summed E-state index contributed by atoms with van der Waals surface area (Å²) >= 11 is 0. The van der Waals surface area contributed by atoms with Crippen molar-refractivity contribution in [2.45, 2.75) is 71.1 Å². The molecule has 0 heterocycles. The zero-order valence-corrected chi connectivity index (χ0v) is 15.3. The lowest BCUT2D eigenvalue weighted by Crippen LogP contribution is -1.97. The van der Waals surface area contributed by atoms with E-state index in [1.807, 2.05) is 12.1 Å². The van der Waals surface area contributed by atoms with E-state index < -0.39 is 0 Å². The normalized spacial score (nSPS) is 12.2. The van der Waals surface area contributed by atoms with E-state index in [-0.39, 0.29) is 0 Å². The first-order valence-corrected chi connectivity index (χ1v) is 9.56. The highest BCUT2D eigenvalue weighted by Gasteiger charge is 2.09. The number of phenolic OH excluding ortho intramolecular Hbond substituents is 1. The fraction of sp³-hybridized carbons (Fsp3) is 0.478. The average molecular weight is 325 g/mol. The summed E-state index contributed by atoms with van der Waals surface area (Å²) < 4.78 is 0. The monoisotopic (exact) mass is 324 g/mol. The minimum Gasteiger partial charge on any atom is -0.508 e. The summed E-state index contributed by atoms with van der Waals surface area (Å²) in [6.07, 6.45) is 10.1. The van der Waals surface area contributed by atoms with Crippen LogP contribution in [-0.2, 0) is 6.42 Å². The fourth-order valence-corrected chi connectivity index (χ4v) is 3.27. The van der Waals surface area contributed by atoms with Crippen LogP contribution in [0.15, 0.2) is 48.5 Å². The number of rotatable bonds is 10. The molecule has 0 spiro atoms. The molecule has 1 atom stereocenters. The minimum absolute atomic E-state index is 0.411. The average Bonchev–Trinajstić information content (AvgIpc) is 2.60. The predicted octanol–water partition coefficient (Wildman–Crippen LogP) is 6.84. The molecule has 0 bridgehead atoms. The number of hydrogen-bond acceptors (Lipinski definition) is 1. The molecular formula is C23H32O. The first-order chi connectivity index (χ1) is 11.7. The molecule has 2 aromatic carbocycles. The third kappa shape index (κ3) is 6.03.